The van der Waals surface area contributed by atoms with Crippen LogP contribution in [0.15, 0.2) is 59.0 Å². The van der Waals surface area contributed by atoms with E-state index in [0.717, 1.165) is 33.3 Å². The molecule has 130 valence electrons. The van der Waals surface area contributed by atoms with Crippen molar-refractivity contribution in [2.75, 3.05) is 19.0 Å². The number of nitrogens with zero attached hydrogens (tertiary/aromatic N) is 1. The number of anilines is 1. The Morgan fingerprint density at radius 3 is 2.31 bits per heavy atom. The monoisotopic (exact) mass is 382 g/mol. The van der Waals surface area contributed by atoms with E-state index in [9.17, 15) is 0 Å². The van der Waals surface area contributed by atoms with E-state index in [-0.39, 0.29) is 0 Å². The normalized spacial score (nSPS) is 11.2. The maximum absolute atomic E-state index is 7.93. The molecule has 26 heavy (non-hydrogen) atoms. The van der Waals surface area contributed by atoms with Crippen LogP contribution in [-0.4, -0.2) is 14.1 Å². The van der Waals surface area contributed by atoms with E-state index >= 15 is 0 Å². The Hall–Kier alpha value is -2.49. The first-order valence-corrected chi connectivity index (χ1v) is 8.88. The average Bonchev–Trinajstić information content (AvgIpc) is 2.60. The van der Waals surface area contributed by atoms with E-state index in [4.69, 9.17) is 33.0 Å². The Kier molecular flexibility index (Phi) is 4.14. The van der Waals surface area contributed by atoms with Gasteiger partial charge in [0.05, 0.1) is 5.36 Å². The van der Waals surface area contributed by atoms with Gasteiger partial charge in [0.1, 0.15) is 11.3 Å². The highest BCUT2D eigenvalue weighted by atomic mass is 35.5. The quantitative estimate of drug-likeness (QED) is 0.428. The number of hydrogen-bond acceptors (Lipinski definition) is 3. The molecule has 0 radical (unpaired) electrons. The van der Waals surface area contributed by atoms with Gasteiger partial charge in [-0.25, -0.2) is 0 Å². The van der Waals surface area contributed by atoms with E-state index < -0.39 is 0 Å². The lowest BCUT2D eigenvalue weighted by atomic mass is 9.93. The summed E-state index contributed by atoms with van der Waals surface area (Å²) in [7, 11) is 3.96. The predicted molar refractivity (Wildman–Crippen MR) is 108 cm³/mol. The highest BCUT2D eigenvalue weighted by molar-refractivity contribution is 6.40. The summed E-state index contributed by atoms with van der Waals surface area (Å²) < 4.78 is 6.13. The van der Waals surface area contributed by atoms with Crippen LogP contribution in [0.2, 0.25) is 10.0 Å². The summed E-state index contributed by atoms with van der Waals surface area (Å²) in [5.74, 6) is 0.631. The zero-order chi connectivity index (χ0) is 18.4. The number of halogens is 2. The van der Waals surface area contributed by atoms with Crippen molar-refractivity contribution in [1.29, 1.82) is 5.41 Å². The van der Waals surface area contributed by atoms with Gasteiger partial charge in [0.15, 0.2) is 0 Å². The molecule has 0 saturated heterocycles. The Morgan fingerprint density at radius 1 is 0.885 bits per heavy atom. The average molecular weight is 383 g/mol. The van der Waals surface area contributed by atoms with Gasteiger partial charge < -0.3 is 14.7 Å². The zero-order valence-corrected chi connectivity index (χ0v) is 15.8. The SMILES string of the molecule is CN(C)c1ccc2c(-c3c(Cl)cccc3Cl)c3ccc(=N)cc-3oc2c1. The topological polar surface area (TPSA) is 40.2 Å². The molecular weight excluding hydrogens is 367 g/mol. The second-order valence-electron chi connectivity index (χ2n) is 6.36. The van der Waals surface area contributed by atoms with Gasteiger partial charge >= 0.3 is 0 Å². The van der Waals surface area contributed by atoms with Crippen molar-refractivity contribution >= 4 is 39.9 Å². The first-order chi connectivity index (χ1) is 12.5. The Morgan fingerprint density at radius 2 is 1.62 bits per heavy atom. The molecule has 0 aromatic heterocycles. The highest BCUT2D eigenvalue weighted by Crippen LogP contribution is 2.45. The Labute approximate surface area is 161 Å². The minimum atomic E-state index is 0.389. The molecule has 4 rings (SSSR count). The van der Waals surface area contributed by atoms with Crippen molar-refractivity contribution in [2.24, 2.45) is 0 Å². The molecule has 0 bridgehead atoms. The van der Waals surface area contributed by atoms with Crippen molar-refractivity contribution < 1.29 is 4.42 Å². The fourth-order valence-electron chi connectivity index (χ4n) is 3.16. The van der Waals surface area contributed by atoms with E-state index in [0.29, 0.717) is 21.2 Å². The molecule has 1 heterocycles. The van der Waals surface area contributed by atoms with E-state index in [1.54, 1.807) is 12.1 Å². The molecule has 0 unspecified atom stereocenters. The van der Waals surface area contributed by atoms with Crippen LogP contribution in [0.25, 0.3) is 33.4 Å². The molecule has 1 N–H and O–H groups in total. The summed E-state index contributed by atoms with van der Waals surface area (Å²) in [6.07, 6.45) is 0. The molecule has 0 amide bonds. The number of fused-ring (bicyclic) bond motifs is 2. The standard InChI is InChI=1S/C21H16Cl2N2O/c1-25(2)13-7-9-15-19(11-13)26-18-10-12(24)6-8-14(18)20(15)21-16(22)4-3-5-17(21)23/h3-11,24H,1-2H3. The number of rotatable bonds is 2. The van der Waals surface area contributed by atoms with Gasteiger partial charge in [0.2, 0.25) is 0 Å². The molecule has 0 fully saturated rings. The maximum atomic E-state index is 7.93. The largest absolute Gasteiger partial charge is 0.456 e. The van der Waals surface area contributed by atoms with Crippen LogP contribution >= 0.6 is 23.2 Å². The van der Waals surface area contributed by atoms with Crippen LogP contribution < -0.4 is 10.3 Å². The minimum Gasteiger partial charge on any atom is -0.456 e. The molecule has 2 aromatic carbocycles. The molecule has 2 aromatic rings. The molecule has 1 aliphatic heterocycles. The highest BCUT2D eigenvalue weighted by Gasteiger charge is 2.21. The third kappa shape index (κ3) is 2.74. The Bertz CT molecular complexity index is 1140. The summed E-state index contributed by atoms with van der Waals surface area (Å²) in [5, 5.41) is 10.4. The Balaban J connectivity index is 2.20. The number of nitrogens with one attached hydrogen (secondary N) is 1. The first kappa shape index (κ1) is 17.0. The molecule has 0 saturated carbocycles. The van der Waals surface area contributed by atoms with E-state index in [2.05, 4.69) is 0 Å². The summed E-state index contributed by atoms with van der Waals surface area (Å²) in [6.45, 7) is 0. The summed E-state index contributed by atoms with van der Waals surface area (Å²) in [4.78, 5) is 2.02. The summed E-state index contributed by atoms with van der Waals surface area (Å²) in [5.41, 5.74) is 4.32. The lowest BCUT2D eigenvalue weighted by Crippen LogP contribution is -2.08. The third-order valence-electron chi connectivity index (χ3n) is 4.43. The van der Waals surface area contributed by atoms with Crippen molar-refractivity contribution in [3.8, 4) is 22.5 Å². The maximum Gasteiger partial charge on any atom is 0.137 e. The van der Waals surface area contributed by atoms with Gasteiger partial charge in [0, 0.05) is 64.0 Å². The fraction of sp³-hybridized carbons (Fsp3) is 0.0952. The molecular formula is C21H16Cl2N2O. The number of benzene rings is 3. The molecule has 1 aliphatic carbocycles. The first-order valence-electron chi connectivity index (χ1n) is 8.12. The second-order valence-corrected chi connectivity index (χ2v) is 7.17. The van der Waals surface area contributed by atoms with Crippen LogP contribution in [0.4, 0.5) is 5.69 Å². The van der Waals surface area contributed by atoms with Gasteiger partial charge in [-0.2, -0.15) is 0 Å². The zero-order valence-electron chi connectivity index (χ0n) is 14.3. The van der Waals surface area contributed by atoms with Gasteiger partial charge in [-0.05, 0) is 36.4 Å². The van der Waals surface area contributed by atoms with E-state index in [1.807, 2.05) is 61.5 Å². The van der Waals surface area contributed by atoms with Crippen LogP contribution in [0.5, 0.6) is 0 Å². The minimum absolute atomic E-state index is 0.389. The third-order valence-corrected chi connectivity index (χ3v) is 5.06. The van der Waals surface area contributed by atoms with Crippen LogP contribution in [0.3, 0.4) is 0 Å². The summed E-state index contributed by atoms with van der Waals surface area (Å²) in [6, 6.07) is 16.9. The van der Waals surface area contributed by atoms with Crippen molar-refractivity contribution in [3.05, 3.63) is 70.0 Å². The molecule has 5 heteroatoms. The van der Waals surface area contributed by atoms with Gasteiger partial charge in [0.25, 0.3) is 0 Å². The second kappa shape index (κ2) is 6.35. The lowest BCUT2D eigenvalue weighted by Gasteiger charge is -2.19. The fourth-order valence-corrected chi connectivity index (χ4v) is 3.75. The molecule has 3 nitrogen and oxygen atoms in total. The van der Waals surface area contributed by atoms with Gasteiger partial charge in [-0.1, -0.05) is 29.3 Å². The molecule has 0 spiro atoms. The van der Waals surface area contributed by atoms with Crippen LogP contribution in [0.1, 0.15) is 0 Å². The van der Waals surface area contributed by atoms with Crippen LogP contribution in [-0.2, 0) is 0 Å². The predicted octanol–water partition coefficient (Wildman–Crippen LogP) is 6.06. The van der Waals surface area contributed by atoms with E-state index in [1.165, 1.54) is 0 Å². The molecule has 0 atom stereocenters. The number of hydrogen-bond donors (Lipinski definition) is 1. The van der Waals surface area contributed by atoms with Crippen molar-refractivity contribution in [2.45, 2.75) is 0 Å². The van der Waals surface area contributed by atoms with Crippen molar-refractivity contribution in [1.82, 2.24) is 0 Å². The summed E-state index contributed by atoms with van der Waals surface area (Å²) >= 11 is 13.0. The van der Waals surface area contributed by atoms with Crippen molar-refractivity contribution in [3.63, 3.8) is 0 Å². The smallest absolute Gasteiger partial charge is 0.137 e. The van der Waals surface area contributed by atoms with Gasteiger partial charge in [-0.3, -0.25) is 0 Å². The van der Waals surface area contributed by atoms with Crippen LogP contribution in [0, 0.1) is 5.41 Å². The van der Waals surface area contributed by atoms with Gasteiger partial charge in [-0.15, -0.1) is 0 Å². The molecule has 2 aliphatic rings. The lowest BCUT2D eigenvalue weighted by molar-refractivity contribution is 0.619.